The van der Waals surface area contributed by atoms with Crippen molar-refractivity contribution in [1.29, 1.82) is 0 Å². The summed E-state index contributed by atoms with van der Waals surface area (Å²) in [4.78, 5) is 26.2. The van der Waals surface area contributed by atoms with Crippen LogP contribution in [0.3, 0.4) is 0 Å². The van der Waals surface area contributed by atoms with E-state index in [2.05, 4.69) is 10.4 Å². The van der Waals surface area contributed by atoms with Crippen molar-refractivity contribution in [2.45, 2.75) is 32.5 Å². The topological polar surface area (TPSA) is 76.5 Å². The predicted octanol–water partition coefficient (Wildman–Crippen LogP) is 1.20. The normalized spacial score (nSPS) is 17.8. The lowest BCUT2D eigenvalue weighted by molar-refractivity contribution is -0.128. The van der Waals surface area contributed by atoms with Crippen LogP contribution < -0.4 is 15.0 Å². The van der Waals surface area contributed by atoms with Gasteiger partial charge in [-0.3, -0.25) is 19.2 Å². The van der Waals surface area contributed by atoms with Gasteiger partial charge in [0.15, 0.2) is 6.10 Å². The van der Waals surface area contributed by atoms with E-state index in [9.17, 15) is 9.59 Å². The van der Waals surface area contributed by atoms with Crippen molar-refractivity contribution in [1.82, 2.24) is 15.1 Å². The van der Waals surface area contributed by atoms with Crippen LogP contribution in [0, 0.1) is 0 Å². The van der Waals surface area contributed by atoms with Crippen LogP contribution in [-0.2, 0) is 16.1 Å². The van der Waals surface area contributed by atoms with Gasteiger partial charge in [0.1, 0.15) is 12.3 Å². The minimum Gasteiger partial charge on any atom is -0.479 e. The van der Waals surface area contributed by atoms with Crippen LogP contribution in [0.25, 0.3) is 0 Å². The number of fused-ring (bicyclic) bond motifs is 1. The van der Waals surface area contributed by atoms with Crippen LogP contribution in [0.1, 0.15) is 13.8 Å². The molecule has 0 bridgehead atoms. The molecule has 0 spiro atoms. The summed E-state index contributed by atoms with van der Waals surface area (Å²) in [5, 5.41) is 7.01. The molecule has 1 aromatic carbocycles. The fourth-order valence-corrected chi connectivity index (χ4v) is 2.72. The second-order valence-electron chi connectivity index (χ2n) is 5.85. The zero-order valence-corrected chi connectivity index (χ0v) is 13.7. The van der Waals surface area contributed by atoms with Gasteiger partial charge in [-0.15, -0.1) is 0 Å². The van der Waals surface area contributed by atoms with E-state index in [-0.39, 0.29) is 24.4 Å². The van der Waals surface area contributed by atoms with Crippen molar-refractivity contribution < 1.29 is 14.3 Å². The van der Waals surface area contributed by atoms with Gasteiger partial charge in [-0.2, -0.15) is 5.10 Å². The molecule has 2 amide bonds. The van der Waals surface area contributed by atoms with Crippen molar-refractivity contribution in [3.05, 3.63) is 42.7 Å². The number of para-hydroxylation sites is 2. The van der Waals surface area contributed by atoms with Crippen LogP contribution in [-0.4, -0.2) is 40.3 Å². The molecule has 1 aliphatic rings. The van der Waals surface area contributed by atoms with Crippen molar-refractivity contribution >= 4 is 17.5 Å². The van der Waals surface area contributed by atoms with E-state index in [0.29, 0.717) is 18.0 Å². The van der Waals surface area contributed by atoms with Crippen LogP contribution in [0.15, 0.2) is 42.7 Å². The molecule has 0 unspecified atom stereocenters. The minimum absolute atomic E-state index is 0.0347. The lowest BCUT2D eigenvalue weighted by Crippen LogP contribution is -2.50. The molecule has 0 saturated heterocycles. The van der Waals surface area contributed by atoms with E-state index in [1.165, 1.54) is 4.90 Å². The summed E-state index contributed by atoms with van der Waals surface area (Å²) in [5.74, 6) is 0.178. The molecule has 126 valence electrons. The zero-order valence-electron chi connectivity index (χ0n) is 13.7. The molecule has 24 heavy (non-hydrogen) atoms. The first-order valence-electron chi connectivity index (χ1n) is 7.88. The van der Waals surface area contributed by atoms with Gasteiger partial charge in [0, 0.05) is 18.4 Å². The molecule has 7 heteroatoms. The molecule has 2 aromatic rings. The van der Waals surface area contributed by atoms with Gasteiger partial charge >= 0.3 is 0 Å². The summed E-state index contributed by atoms with van der Waals surface area (Å²) in [6.07, 6.45) is 2.93. The highest BCUT2D eigenvalue weighted by atomic mass is 16.5. The Morgan fingerprint density at radius 2 is 2.17 bits per heavy atom. The fourth-order valence-electron chi connectivity index (χ4n) is 2.72. The van der Waals surface area contributed by atoms with Crippen molar-refractivity contribution in [3.8, 4) is 5.75 Å². The van der Waals surface area contributed by atoms with Gasteiger partial charge < -0.3 is 10.1 Å². The molecular formula is C17H20N4O3. The Morgan fingerprint density at radius 3 is 2.92 bits per heavy atom. The number of amides is 2. The second kappa shape index (κ2) is 6.74. The average Bonchev–Trinajstić information content (AvgIpc) is 3.04. The summed E-state index contributed by atoms with van der Waals surface area (Å²) in [5.41, 5.74) is 0.621. The summed E-state index contributed by atoms with van der Waals surface area (Å²) in [6, 6.07) is 8.96. The highest BCUT2D eigenvalue weighted by Gasteiger charge is 2.32. The Kier molecular flexibility index (Phi) is 4.50. The van der Waals surface area contributed by atoms with Gasteiger partial charge in [0.25, 0.3) is 5.91 Å². The molecule has 1 aromatic heterocycles. The molecule has 0 fully saturated rings. The number of hydrogen-bond donors (Lipinski definition) is 1. The van der Waals surface area contributed by atoms with E-state index in [1.54, 1.807) is 29.9 Å². The van der Waals surface area contributed by atoms with Gasteiger partial charge in [-0.25, -0.2) is 0 Å². The molecule has 1 N–H and O–H groups in total. The van der Waals surface area contributed by atoms with E-state index < -0.39 is 6.10 Å². The lowest BCUT2D eigenvalue weighted by Gasteiger charge is -2.32. The van der Waals surface area contributed by atoms with Gasteiger partial charge in [0.2, 0.25) is 5.91 Å². The monoisotopic (exact) mass is 328 g/mol. The summed E-state index contributed by atoms with van der Waals surface area (Å²) in [6.45, 7) is 4.12. The maximum Gasteiger partial charge on any atom is 0.268 e. The number of carbonyl (C=O) groups excluding carboxylic acids is 2. The molecular weight excluding hydrogens is 308 g/mol. The smallest absolute Gasteiger partial charge is 0.268 e. The highest BCUT2D eigenvalue weighted by Crippen LogP contribution is 2.33. The largest absolute Gasteiger partial charge is 0.479 e. The molecule has 0 saturated carbocycles. The number of hydrogen-bond acceptors (Lipinski definition) is 4. The number of benzene rings is 1. The predicted molar refractivity (Wildman–Crippen MR) is 88.7 cm³/mol. The Bertz CT molecular complexity index is 729. The second-order valence-corrected chi connectivity index (χ2v) is 5.85. The first kappa shape index (κ1) is 16.0. The fraction of sp³-hybridized carbons (Fsp3) is 0.353. The number of anilines is 1. The average molecular weight is 328 g/mol. The number of carbonyl (C=O) groups is 2. The maximum atomic E-state index is 12.4. The third-order valence-electron chi connectivity index (χ3n) is 3.80. The van der Waals surface area contributed by atoms with Crippen LogP contribution >= 0.6 is 0 Å². The molecule has 2 atom stereocenters. The highest BCUT2D eigenvalue weighted by molar-refractivity contribution is 6.03. The third-order valence-corrected chi connectivity index (χ3v) is 3.80. The van der Waals surface area contributed by atoms with Crippen molar-refractivity contribution in [2.24, 2.45) is 0 Å². The number of aromatic nitrogens is 2. The quantitative estimate of drug-likeness (QED) is 0.895. The molecule has 0 radical (unpaired) electrons. The number of nitrogens with zero attached hydrogens (tertiary/aromatic N) is 3. The van der Waals surface area contributed by atoms with Crippen LogP contribution in [0.4, 0.5) is 5.69 Å². The van der Waals surface area contributed by atoms with Gasteiger partial charge in [0.05, 0.1) is 12.2 Å². The van der Waals surface area contributed by atoms with Crippen molar-refractivity contribution in [2.75, 3.05) is 11.4 Å². The van der Waals surface area contributed by atoms with Crippen molar-refractivity contribution in [3.63, 3.8) is 0 Å². The molecule has 1 aliphatic heterocycles. The molecule has 3 rings (SSSR count). The van der Waals surface area contributed by atoms with E-state index in [4.69, 9.17) is 4.74 Å². The van der Waals surface area contributed by atoms with E-state index >= 15 is 0 Å². The SMILES string of the molecule is C[C@H](Cn1cccn1)NC(=O)CN1C(=O)[C@H](C)Oc2ccccc21. The van der Waals surface area contributed by atoms with Gasteiger partial charge in [-0.05, 0) is 32.0 Å². The lowest BCUT2D eigenvalue weighted by atomic mass is 10.2. The summed E-state index contributed by atoms with van der Waals surface area (Å²) < 4.78 is 7.32. The molecule has 7 nitrogen and oxygen atoms in total. The maximum absolute atomic E-state index is 12.4. The molecule has 0 aliphatic carbocycles. The Morgan fingerprint density at radius 1 is 1.38 bits per heavy atom. The Balaban J connectivity index is 1.66. The summed E-state index contributed by atoms with van der Waals surface area (Å²) >= 11 is 0. The van der Waals surface area contributed by atoms with Crippen LogP contribution in [0.5, 0.6) is 5.75 Å². The first-order valence-corrected chi connectivity index (χ1v) is 7.88. The van der Waals surface area contributed by atoms with E-state index in [1.807, 2.05) is 31.3 Å². The summed E-state index contributed by atoms with van der Waals surface area (Å²) in [7, 11) is 0. The first-order chi connectivity index (χ1) is 11.5. The number of rotatable bonds is 5. The van der Waals surface area contributed by atoms with E-state index in [0.717, 1.165) is 0 Å². The number of nitrogens with one attached hydrogen (secondary N) is 1. The Hall–Kier alpha value is -2.83. The standard InChI is InChI=1S/C17H20N4O3/c1-12(10-20-9-5-8-18-20)19-16(22)11-21-14-6-3-4-7-15(14)24-13(2)17(21)23/h3-9,12-13H,10-11H2,1-2H3,(H,19,22)/t12-,13+/m1/s1. The Labute approximate surface area is 140 Å². The van der Waals surface area contributed by atoms with Crippen LogP contribution in [0.2, 0.25) is 0 Å². The van der Waals surface area contributed by atoms with Gasteiger partial charge in [-0.1, -0.05) is 12.1 Å². The third kappa shape index (κ3) is 3.40. The molecule has 2 heterocycles. The minimum atomic E-state index is -0.603. The number of ether oxygens (including phenoxy) is 1. The zero-order chi connectivity index (χ0) is 17.1.